The van der Waals surface area contributed by atoms with E-state index in [4.69, 9.17) is 31.0 Å². The number of nitrogens with zero attached hydrogens (tertiary/aromatic N) is 5. The zero-order valence-corrected chi connectivity index (χ0v) is 24.8. The molecule has 2 aliphatic heterocycles. The predicted molar refractivity (Wildman–Crippen MR) is 155 cm³/mol. The third-order valence-corrected chi connectivity index (χ3v) is 7.64. The molecule has 2 aromatic heterocycles. The molecule has 2 amide bonds. The van der Waals surface area contributed by atoms with Gasteiger partial charge in [-0.1, -0.05) is 24.6 Å². The molecule has 2 aliphatic rings. The van der Waals surface area contributed by atoms with Crippen molar-refractivity contribution in [1.82, 2.24) is 24.8 Å². The summed E-state index contributed by atoms with van der Waals surface area (Å²) in [6.07, 6.45) is 2.87. The topological polar surface area (TPSA) is 102 Å². The van der Waals surface area contributed by atoms with Crippen molar-refractivity contribution in [2.75, 3.05) is 31.6 Å². The number of hydrogen-bond acceptors (Lipinski definition) is 7. The molecule has 10 nitrogen and oxygen atoms in total. The van der Waals surface area contributed by atoms with Gasteiger partial charge < -0.3 is 29.2 Å². The van der Waals surface area contributed by atoms with Crippen LogP contribution in [0.25, 0.3) is 22.3 Å². The first-order valence-electron chi connectivity index (χ1n) is 13.9. The van der Waals surface area contributed by atoms with Crippen molar-refractivity contribution in [1.29, 1.82) is 0 Å². The van der Waals surface area contributed by atoms with E-state index in [0.29, 0.717) is 53.7 Å². The van der Waals surface area contributed by atoms with Gasteiger partial charge in [-0.15, -0.1) is 0 Å². The molecule has 0 saturated carbocycles. The highest BCUT2D eigenvalue weighted by atomic mass is 35.5. The van der Waals surface area contributed by atoms with E-state index < -0.39 is 23.9 Å². The summed E-state index contributed by atoms with van der Waals surface area (Å²) in [5, 5.41) is 3.17. The van der Waals surface area contributed by atoms with Crippen LogP contribution in [0, 0.1) is 0 Å². The summed E-state index contributed by atoms with van der Waals surface area (Å²) in [6.45, 7) is 9.16. The van der Waals surface area contributed by atoms with Gasteiger partial charge in [-0.3, -0.25) is 4.79 Å². The summed E-state index contributed by atoms with van der Waals surface area (Å²) in [7, 11) is 1.75. The second-order valence-corrected chi connectivity index (χ2v) is 11.9. The van der Waals surface area contributed by atoms with Gasteiger partial charge in [-0.05, 0) is 39.7 Å². The van der Waals surface area contributed by atoms with Crippen molar-refractivity contribution in [2.45, 2.75) is 71.6 Å². The highest BCUT2D eigenvalue weighted by molar-refractivity contribution is 6.35. The van der Waals surface area contributed by atoms with Gasteiger partial charge in [0.25, 0.3) is 5.91 Å². The number of carbonyl (C=O) groups is 2. The molecule has 5 rings (SSSR count). The molecule has 0 unspecified atom stereocenters. The normalized spacial score (nSPS) is 19.1. The minimum atomic E-state index is -1.31. The molecule has 1 aromatic carbocycles. The van der Waals surface area contributed by atoms with Crippen molar-refractivity contribution < 1.29 is 23.5 Å². The number of alkyl carbamates (subject to hydrolysis) is 1. The Morgan fingerprint density at radius 1 is 1.24 bits per heavy atom. The second-order valence-electron chi connectivity index (χ2n) is 11.6. The quantitative estimate of drug-likeness (QED) is 0.381. The zero-order valence-electron chi connectivity index (χ0n) is 24.0. The number of aromatic nitrogens is 3. The number of ether oxygens (including phenoxy) is 2. The Balaban J connectivity index is 1.43. The monoisotopic (exact) mass is 586 g/mol. The molecular weight excluding hydrogens is 551 g/mol. The number of amides is 2. The third kappa shape index (κ3) is 5.97. The van der Waals surface area contributed by atoms with Gasteiger partial charge in [0.05, 0.1) is 23.8 Å². The van der Waals surface area contributed by atoms with E-state index in [2.05, 4.69) is 5.32 Å². The largest absolute Gasteiger partial charge is 0.444 e. The first-order valence-corrected chi connectivity index (χ1v) is 14.2. The lowest BCUT2D eigenvalue weighted by Gasteiger charge is -2.35. The summed E-state index contributed by atoms with van der Waals surface area (Å²) in [6, 6.07) is 3.00. The minimum Gasteiger partial charge on any atom is -0.444 e. The molecule has 12 heteroatoms. The molecule has 0 radical (unpaired) electrons. The number of benzene rings is 1. The molecule has 0 spiro atoms. The fourth-order valence-corrected chi connectivity index (χ4v) is 5.55. The molecule has 1 saturated heterocycles. The van der Waals surface area contributed by atoms with Crippen LogP contribution in [0.3, 0.4) is 0 Å². The molecule has 1 N–H and O–H groups in total. The van der Waals surface area contributed by atoms with E-state index in [1.165, 1.54) is 0 Å². The lowest BCUT2D eigenvalue weighted by Crippen LogP contribution is -2.53. The SMILES string of the molecule is CCCOCn1cc(-c2ccc3c(c2Cl)CN(C)C3=O)c2ncc(N3CC[C@H](NC(=O)OC(C)(C)C)[C@H](F)C3)nc21. The Bertz CT molecular complexity index is 1470. The molecule has 220 valence electrons. The van der Waals surface area contributed by atoms with Crippen LogP contribution < -0.4 is 10.2 Å². The summed E-state index contributed by atoms with van der Waals surface area (Å²) in [5.41, 5.74) is 3.49. The Morgan fingerprint density at radius 3 is 2.71 bits per heavy atom. The van der Waals surface area contributed by atoms with Crippen molar-refractivity contribution >= 4 is 40.6 Å². The van der Waals surface area contributed by atoms with Crippen LogP contribution in [-0.4, -0.2) is 76.0 Å². The van der Waals surface area contributed by atoms with Gasteiger partial charge in [0.1, 0.15) is 29.8 Å². The van der Waals surface area contributed by atoms with Gasteiger partial charge in [0, 0.05) is 55.2 Å². The van der Waals surface area contributed by atoms with Crippen LogP contribution in [0.4, 0.5) is 15.0 Å². The lowest BCUT2D eigenvalue weighted by atomic mass is 10.0. The van der Waals surface area contributed by atoms with E-state index in [0.717, 1.165) is 23.1 Å². The molecular formula is C29H36ClFN6O4. The highest BCUT2D eigenvalue weighted by Gasteiger charge is 2.33. The molecule has 2 atom stereocenters. The van der Waals surface area contributed by atoms with E-state index in [1.807, 2.05) is 28.7 Å². The molecule has 0 aliphatic carbocycles. The van der Waals surface area contributed by atoms with Gasteiger partial charge in [-0.2, -0.15) is 0 Å². The van der Waals surface area contributed by atoms with E-state index in [1.54, 1.807) is 45.0 Å². The Kier molecular flexibility index (Phi) is 8.11. The maximum atomic E-state index is 15.2. The Morgan fingerprint density at radius 2 is 2.00 bits per heavy atom. The minimum absolute atomic E-state index is 0.0514. The summed E-state index contributed by atoms with van der Waals surface area (Å²) in [4.78, 5) is 37.7. The first-order chi connectivity index (χ1) is 19.5. The zero-order chi connectivity index (χ0) is 29.5. The number of carbonyl (C=O) groups excluding carboxylic acids is 2. The predicted octanol–water partition coefficient (Wildman–Crippen LogP) is 5.16. The van der Waals surface area contributed by atoms with Crippen LogP contribution in [0.1, 0.15) is 56.5 Å². The smallest absolute Gasteiger partial charge is 0.407 e. The first kappa shape index (κ1) is 29.1. The Labute approximate surface area is 243 Å². The maximum Gasteiger partial charge on any atom is 0.407 e. The van der Waals surface area contributed by atoms with Gasteiger partial charge in [-0.25, -0.2) is 19.2 Å². The van der Waals surface area contributed by atoms with E-state index >= 15 is 4.39 Å². The van der Waals surface area contributed by atoms with Crippen molar-refractivity contribution in [2.24, 2.45) is 0 Å². The number of fused-ring (bicyclic) bond motifs is 2. The van der Waals surface area contributed by atoms with Crippen LogP contribution in [0.5, 0.6) is 0 Å². The van der Waals surface area contributed by atoms with Crippen LogP contribution >= 0.6 is 11.6 Å². The van der Waals surface area contributed by atoms with Crippen molar-refractivity contribution in [3.05, 3.63) is 40.7 Å². The molecule has 41 heavy (non-hydrogen) atoms. The van der Waals surface area contributed by atoms with Gasteiger partial charge in [0.15, 0.2) is 5.65 Å². The standard InChI is InChI=1S/C29H36ClFN6O4/c1-6-11-40-16-37-14-20(17-7-8-18-19(24(17)30)13-35(5)27(18)38)25-26(37)34-23(12-32-25)36-10-9-22(21(31)15-36)33-28(39)41-29(2,3)4/h7-8,12,14,21-22H,6,9-11,13,15-16H2,1-5H3,(H,33,39)/t21-,22+/m1/s1. The van der Waals surface area contributed by atoms with E-state index in [9.17, 15) is 9.59 Å². The number of hydrogen-bond donors (Lipinski definition) is 1. The fraction of sp³-hybridized carbons (Fsp3) is 0.517. The average Bonchev–Trinajstić information content (AvgIpc) is 3.41. The average molecular weight is 587 g/mol. The third-order valence-electron chi connectivity index (χ3n) is 7.21. The number of anilines is 1. The molecule has 1 fully saturated rings. The Hall–Kier alpha value is -3.44. The van der Waals surface area contributed by atoms with Crippen LogP contribution in [0.15, 0.2) is 24.5 Å². The van der Waals surface area contributed by atoms with Gasteiger partial charge >= 0.3 is 6.09 Å². The number of halogens is 2. The number of nitrogens with one attached hydrogen (secondary N) is 1. The fourth-order valence-electron chi connectivity index (χ4n) is 5.23. The maximum absolute atomic E-state index is 15.2. The summed E-state index contributed by atoms with van der Waals surface area (Å²) < 4.78 is 28.2. The number of rotatable bonds is 7. The molecule has 0 bridgehead atoms. The number of alkyl halides is 1. The summed E-state index contributed by atoms with van der Waals surface area (Å²) >= 11 is 6.85. The molecule has 3 aromatic rings. The van der Waals surface area contributed by atoms with Gasteiger partial charge in [0.2, 0.25) is 0 Å². The summed E-state index contributed by atoms with van der Waals surface area (Å²) in [5.74, 6) is 0.481. The number of piperidine rings is 1. The van der Waals surface area contributed by atoms with Crippen LogP contribution in [0.2, 0.25) is 5.02 Å². The van der Waals surface area contributed by atoms with Crippen molar-refractivity contribution in [3.63, 3.8) is 0 Å². The molecule has 4 heterocycles. The van der Waals surface area contributed by atoms with Crippen molar-refractivity contribution in [3.8, 4) is 11.1 Å². The van der Waals surface area contributed by atoms with Crippen LogP contribution in [-0.2, 0) is 22.7 Å². The van der Waals surface area contributed by atoms with E-state index in [-0.39, 0.29) is 19.2 Å². The highest BCUT2D eigenvalue weighted by Crippen LogP contribution is 2.39. The lowest BCUT2D eigenvalue weighted by molar-refractivity contribution is 0.0463. The second kappa shape index (κ2) is 11.4.